The summed E-state index contributed by atoms with van der Waals surface area (Å²) in [5, 5.41) is 4.02. The van der Waals surface area contributed by atoms with Crippen LogP contribution in [0, 0.1) is 5.82 Å². The van der Waals surface area contributed by atoms with Crippen molar-refractivity contribution in [2.75, 3.05) is 0 Å². The minimum Gasteiger partial charge on any atom is -0.369 e. The molecule has 0 fully saturated rings. The summed E-state index contributed by atoms with van der Waals surface area (Å²) >= 11 is 12.1. The van der Waals surface area contributed by atoms with Gasteiger partial charge in [0.15, 0.2) is 0 Å². The quantitative estimate of drug-likeness (QED) is 0.248. The summed E-state index contributed by atoms with van der Waals surface area (Å²) in [6.07, 6.45) is 1.66. The van der Waals surface area contributed by atoms with E-state index in [-0.39, 0.29) is 17.4 Å². The van der Waals surface area contributed by atoms with Crippen molar-refractivity contribution in [3.63, 3.8) is 0 Å². The molecule has 4 rings (SSSR count). The standard InChI is InChI=1S/C25H19Cl2FN4O2S/c26-19-5-1-17(2-6-19)23-13-16(14-30-24(23)18-3-7-20(27)8-4-18)15-31-25(29)32-35(33,34)22-11-9-21(28)10-12-22/h1-14H,15H2,(H3,29,31,32). The van der Waals surface area contributed by atoms with Gasteiger partial charge in [-0.1, -0.05) is 47.5 Å². The smallest absolute Gasteiger partial charge is 0.285 e. The van der Waals surface area contributed by atoms with Crippen LogP contribution in [0.5, 0.6) is 0 Å². The van der Waals surface area contributed by atoms with Gasteiger partial charge in [0.25, 0.3) is 10.0 Å². The average Bonchev–Trinajstić information content (AvgIpc) is 2.84. The molecule has 0 saturated carbocycles. The molecule has 4 aromatic rings. The number of guanidine groups is 1. The van der Waals surface area contributed by atoms with E-state index in [9.17, 15) is 12.8 Å². The number of hydrogen-bond donors (Lipinski definition) is 2. The Morgan fingerprint density at radius 1 is 0.914 bits per heavy atom. The SMILES string of the molecule is N/C(=N\S(=O)(=O)c1ccc(F)cc1)NCc1cnc(-c2ccc(Cl)cc2)c(-c2ccc(Cl)cc2)c1. The molecule has 3 aromatic carbocycles. The number of hydrogen-bond acceptors (Lipinski definition) is 3. The Hall–Kier alpha value is -3.46. The molecule has 0 saturated heterocycles. The number of aromatic nitrogens is 1. The lowest BCUT2D eigenvalue weighted by atomic mass is 9.98. The number of nitrogens with one attached hydrogen (secondary N) is 1. The fraction of sp³-hybridized carbons (Fsp3) is 0.0400. The number of halogens is 3. The highest BCUT2D eigenvalue weighted by molar-refractivity contribution is 7.90. The Labute approximate surface area is 212 Å². The van der Waals surface area contributed by atoms with E-state index in [1.165, 1.54) is 0 Å². The van der Waals surface area contributed by atoms with Crippen LogP contribution >= 0.6 is 23.2 Å². The fourth-order valence-corrected chi connectivity index (χ4v) is 4.47. The van der Waals surface area contributed by atoms with Gasteiger partial charge >= 0.3 is 0 Å². The Morgan fingerprint density at radius 2 is 1.49 bits per heavy atom. The van der Waals surface area contributed by atoms with Gasteiger partial charge in [0.1, 0.15) is 5.82 Å². The lowest BCUT2D eigenvalue weighted by Crippen LogP contribution is -2.32. The zero-order chi connectivity index (χ0) is 25.0. The molecule has 1 heterocycles. The molecule has 3 N–H and O–H groups in total. The number of rotatable bonds is 6. The Kier molecular flexibility index (Phi) is 7.35. The molecular formula is C25H19Cl2FN4O2S. The van der Waals surface area contributed by atoms with Crippen LogP contribution in [0.1, 0.15) is 5.56 Å². The first kappa shape index (κ1) is 24.7. The summed E-state index contributed by atoms with van der Waals surface area (Å²) in [5.41, 5.74) is 9.92. The van der Waals surface area contributed by atoms with Crippen LogP contribution in [-0.2, 0) is 16.6 Å². The molecule has 178 valence electrons. The van der Waals surface area contributed by atoms with E-state index < -0.39 is 15.8 Å². The van der Waals surface area contributed by atoms with Gasteiger partial charge in [-0.25, -0.2) is 4.39 Å². The van der Waals surface area contributed by atoms with Crippen LogP contribution in [0.15, 0.2) is 94.4 Å². The van der Waals surface area contributed by atoms with Crippen molar-refractivity contribution in [3.8, 4) is 22.4 Å². The molecule has 0 aliphatic heterocycles. The third-order valence-corrected chi connectivity index (χ3v) is 6.83. The van der Waals surface area contributed by atoms with Gasteiger partial charge in [0.05, 0.1) is 10.6 Å². The molecule has 0 amide bonds. The minimum absolute atomic E-state index is 0.164. The maximum Gasteiger partial charge on any atom is 0.285 e. The number of pyridine rings is 1. The van der Waals surface area contributed by atoms with Gasteiger partial charge in [-0.3, -0.25) is 4.98 Å². The molecule has 0 radical (unpaired) electrons. The largest absolute Gasteiger partial charge is 0.369 e. The predicted molar refractivity (Wildman–Crippen MR) is 137 cm³/mol. The van der Waals surface area contributed by atoms with Crippen LogP contribution in [0.4, 0.5) is 4.39 Å². The normalized spacial score (nSPS) is 11.9. The van der Waals surface area contributed by atoms with Gasteiger partial charge in [0, 0.05) is 33.9 Å². The molecule has 0 spiro atoms. The fourth-order valence-electron chi connectivity index (χ4n) is 3.31. The van der Waals surface area contributed by atoms with Crippen molar-refractivity contribution in [2.45, 2.75) is 11.4 Å². The van der Waals surface area contributed by atoms with E-state index >= 15 is 0 Å². The molecule has 0 unspecified atom stereocenters. The van der Waals surface area contributed by atoms with E-state index in [1.54, 1.807) is 30.5 Å². The second kappa shape index (κ2) is 10.4. The zero-order valence-electron chi connectivity index (χ0n) is 18.1. The van der Waals surface area contributed by atoms with Crippen LogP contribution in [-0.4, -0.2) is 19.4 Å². The molecule has 0 bridgehead atoms. The molecule has 0 aliphatic rings. The first-order valence-corrected chi connectivity index (χ1v) is 12.5. The summed E-state index contributed by atoms with van der Waals surface area (Å²) in [7, 11) is -4.09. The monoisotopic (exact) mass is 528 g/mol. The minimum atomic E-state index is -4.09. The third-order valence-electron chi connectivity index (χ3n) is 5.02. The third kappa shape index (κ3) is 6.16. The molecule has 10 heteroatoms. The average molecular weight is 529 g/mol. The Morgan fingerprint density at radius 3 is 2.09 bits per heavy atom. The van der Waals surface area contributed by atoms with Gasteiger partial charge in [0.2, 0.25) is 5.96 Å². The summed E-state index contributed by atoms with van der Waals surface area (Å²) in [6.45, 7) is 0.169. The molecular weight excluding hydrogens is 510 g/mol. The Balaban J connectivity index is 1.61. The van der Waals surface area contributed by atoms with Crippen LogP contribution in [0.3, 0.4) is 0 Å². The van der Waals surface area contributed by atoms with Crippen LogP contribution < -0.4 is 11.1 Å². The predicted octanol–water partition coefficient (Wildman–Crippen LogP) is 5.65. The van der Waals surface area contributed by atoms with Crippen molar-refractivity contribution in [2.24, 2.45) is 10.1 Å². The molecule has 1 aromatic heterocycles. The van der Waals surface area contributed by atoms with E-state index in [0.29, 0.717) is 10.0 Å². The zero-order valence-corrected chi connectivity index (χ0v) is 20.4. The first-order valence-electron chi connectivity index (χ1n) is 10.3. The second-order valence-electron chi connectivity index (χ2n) is 7.51. The van der Waals surface area contributed by atoms with Crippen molar-refractivity contribution in [1.29, 1.82) is 0 Å². The number of nitrogens with zero attached hydrogens (tertiary/aromatic N) is 2. The van der Waals surface area contributed by atoms with Gasteiger partial charge in [-0.05, 0) is 65.7 Å². The highest BCUT2D eigenvalue weighted by Crippen LogP contribution is 2.32. The van der Waals surface area contributed by atoms with E-state index in [1.807, 2.05) is 30.3 Å². The maximum atomic E-state index is 13.1. The van der Waals surface area contributed by atoms with Crippen molar-refractivity contribution < 1.29 is 12.8 Å². The van der Waals surface area contributed by atoms with Gasteiger partial charge in [-0.15, -0.1) is 4.40 Å². The lowest BCUT2D eigenvalue weighted by molar-refractivity contribution is 0.596. The summed E-state index contributed by atoms with van der Waals surface area (Å²) in [6, 6.07) is 21.0. The molecule has 35 heavy (non-hydrogen) atoms. The molecule has 6 nitrogen and oxygen atoms in total. The van der Waals surface area contributed by atoms with E-state index in [2.05, 4.69) is 14.7 Å². The van der Waals surface area contributed by atoms with Crippen molar-refractivity contribution in [3.05, 3.63) is 106 Å². The molecule has 0 aliphatic carbocycles. The number of nitrogens with two attached hydrogens (primary N) is 1. The number of sulfonamides is 1. The van der Waals surface area contributed by atoms with Crippen molar-refractivity contribution >= 4 is 39.2 Å². The Bertz CT molecular complexity index is 1480. The topological polar surface area (TPSA) is 97.4 Å². The molecule has 0 atom stereocenters. The van der Waals surface area contributed by atoms with E-state index in [0.717, 1.165) is 52.2 Å². The summed E-state index contributed by atoms with van der Waals surface area (Å²) < 4.78 is 41.5. The van der Waals surface area contributed by atoms with Crippen LogP contribution in [0.25, 0.3) is 22.4 Å². The number of benzene rings is 3. The summed E-state index contributed by atoms with van der Waals surface area (Å²) in [4.78, 5) is 4.47. The van der Waals surface area contributed by atoms with Crippen molar-refractivity contribution in [1.82, 2.24) is 10.3 Å². The maximum absolute atomic E-state index is 13.1. The summed E-state index contributed by atoms with van der Waals surface area (Å²) in [5.74, 6) is -0.853. The second-order valence-corrected chi connectivity index (χ2v) is 9.99. The van der Waals surface area contributed by atoms with Gasteiger partial charge < -0.3 is 11.1 Å². The highest BCUT2D eigenvalue weighted by Gasteiger charge is 2.14. The lowest BCUT2D eigenvalue weighted by Gasteiger charge is -2.13. The highest BCUT2D eigenvalue weighted by atomic mass is 35.5. The van der Waals surface area contributed by atoms with E-state index in [4.69, 9.17) is 28.9 Å². The first-order chi connectivity index (χ1) is 16.7. The van der Waals surface area contributed by atoms with Crippen LogP contribution in [0.2, 0.25) is 10.0 Å². The van der Waals surface area contributed by atoms with Gasteiger partial charge in [-0.2, -0.15) is 8.42 Å².